The minimum atomic E-state index is -0.936. The Kier molecular flexibility index (Phi) is 2.11. The van der Waals surface area contributed by atoms with E-state index in [1.165, 1.54) is 25.7 Å². The Hall–Kier alpha value is -0.110. The molecule has 12 heavy (non-hydrogen) atoms. The first kappa shape index (κ1) is 8.49. The third kappa shape index (κ3) is 1.37. The summed E-state index contributed by atoms with van der Waals surface area (Å²) in [5.74, 6) is 0.613. The Morgan fingerprint density at radius 3 is 2.50 bits per heavy atom. The highest BCUT2D eigenvalue weighted by Gasteiger charge is 2.43. The number of nitrogens with one attached hydrogen (secondary N) is 1. The maximum atomic E-state index is 13.9. The van der Waals surface area contributed by atoms with Crippen LogP contribution in [0.15, 0.2) is 0 Å². The van der Waals surface area contributed by atoms with Gasteiger partial charge in [0.25, 0.3) is 0 Å². The molecule has 1 aliphatic carbocycles. The van der Waals surface area contributed by atoms with E-state index >= 15 is 0 Å². The Bertz CT molecular complexity index is 161. The van der Waals surface area contributed by atoms with Gasteiger partial charge in [-0.25, -0.2) is 4.39 Å². The largest absolute Gasteiger partial charge is 0.311 e. The zero-order valence-electron chi connectivity index (χ0n) is 7.78. The SMILES string of the molecule is CC1(F)CCNC1C1CCCC1. The van der Waals surface area contributed by atoms with E-state index in [0.29, 0.717) is 12.3 Å². The number of halogens is 1. The average Bonchev–Trinajstić information content (AvgIpc) is 2.55. The highest BCUT2D eigenvalue weighted by molar-refractivity contribution is 4.99. The zero-order valence-corrected chi connectivity index (χ0v) is 7.78. The fourth-order valence-corrected chi connectivity index (χ4v) is 2.79. The summed E-state index contributed by atoms with van der Waals surface area (Å²) in [6.07, 6.45) is 5.78. The molecule has 0 spiro atoms. The molecule has 1 N–H and O–H groups in total. The second-order valence-electron chi connectivity index (χ2n) is 4.50. The molecule has 1 saturated heterocycles. The Morgan fingerprint density at radius 2 is 2.00 bits per heavy atom. The topological polar surface area (TPSA) is 12.0 Å². The van der Waals surface area contributed by atoms with E-state index < -0.39 is 5.67 Å². The molecule has 2 atom stereocenters. The van der Waals surface area contributed by atoms with Crippen LogP contribution in [0, 0.1) is 5.92 Å². The van der Waals surface area contributed by atoms with Gasteiger partial charge in [0.05, 0.1) is 0 Å². The molecule has 0 amide bonds. The molecular formula is C10H18FN. The Labute approximate surface area is 73.7 Å². The lowest BCUT2D eigenvalue weighted by molar-refractivity contribution is 0.132. The highest BCUT2D eigenvalue weighted by atomic mass is 19.1. The summed E-state index contributed by atoms with van der Waals surface area (Å²) in [6, 6.07) is 0.153. The fraction of sp³-hybridized carbons (Fsp3) is 1.00. The summed E-state index contributed by atoms with van der Waals surface area (Å²) in [4.78, 5) is 0. The van der Waals surface area contributed by atoms with Gasteiger partial charge in [0.15, 0.2) is 0 Å². The monoisotopic (exact) mass is 171 g/mol. The molecule has 1 nitrogen and oxygen atoms in total. The Morgan fingerprint density at radius 1 is 1.33 bits per heavy atom. The van der Waals surface area contributed by atoms with Gasteiger partial charge >= 0.3 is 0 Å². The van der Waals surface area contributed by atoms with Crippen LogP contribution in [-0.2, 0) is 0 Å². The van der Waals surface area contributed by atoms with Crippen LogP contribution in [0.3, 0.4) is 0 Å². The molecule has 2 aliphatic rings. The molecule has 1 aliphatic heterocycles. The van der Waals surface area contributed by atoms with Gasteiger partial charge < -0.3 is 5.32 Å². The molecule has 2 heteroatoms. The molecule has 1 heterocycles. The normalized spacial score (nSPS) is 44.0. The molecule has 70 valence electrons. The standard InChI is InChI=1S/C10H18FN/c1-10(11)6-7-12-9(10)8-4-2-3-5-8/h8-9,12H,2-7H2,1H3. The summed E-state index contributed by atoms with van der Waals surface area (Å²) in [7, 11) is 0. The zero-order chi connectivity index (χ0) is 8.60. The molecule has 2 fully saturated rings. The molecule has 1 saturated carbocycles. The number of hydrogen-bond acceptors (Lipinski definition) is 1. The first-order chi connectivity index (χ1) is 5.70. The van der Waals surface area contributed by atoms with Crippen molar-refractivity contribution in [2.24, 2.45) is 5.92 Å². The molecule has 0 radical (unpaired) electrons. The molecule has 0 aromatic carbocycles. The van der Waals surface area contributed by atoms with Crippen molar-refractivity contribution < 1.29 is 4.39 Å². The predicted octanol–water partition coefficient (Wildman–Crippen LogP) is 2.27. The van der Waals surface area contributed by atoms with Gasteiger partial charge in [0, 0.05) is 6.04 Å². The maximum Gasteiger partial charge on any atom is 0.124 e. The number of rotatable bonds is 1. The van der Waals surface area contributed by atoms with E-state index in [9.17, 15) is 4.39 Å². The van der Waals surface area contributed by atoms with E-state index in [1.54, 1.807) is 6.92 Å². The van der Waals surface area contributed by atoms with E-state index in [-0.39, 0.29) is 6.04 Å². The smallest absolute Gasteiger partial charge is 0.124 e. The van der Waals surface area contributed by atoms with Crippen LogP contribution >= 0.6 is 0 Å². The second-order valence-corrected chi connectivity index (χ2v) is 4.50. The van der Waals surface area contributed by atoms with Crippen molar-refractivity contribution >= 4 is 0 Å². The summed E-state index contributed by atoms with van der Waals surface area (Å²) in [6.45, 7) is 2.63. The van der Waals surface area contributed by atoms with Gasteiger partial charge in [-0.1, -0.05) is 12.8 Å². The summed E-state index contributed by atoms with van der Waals surface area (Å²) in [5, 5.41) is 3.31. The quantitative estimate of drug-likeness (QED) is 0.638. The van der Waals surface area contributed by atoms with Crippen molar-refractivity contribution in [2.75, 3.05) is 6.54 Å². The van der Waals surface area contributed by atoms with Crippen LogP contribution in [0.25, 0.3) is 0 Å². The van der Waals surface area contributed by atoms with Crippen molar-refractivity contribution in [3.8, 4) is 0 Å². The fourth-order valence-electron chi connectivity index (χ4n) is 2.79. The van der Waals surface area contributed by atoms with Crippen LogP contribution in [0.5, 0.6) is 0 Å². The van der Waals surface area contributed by atoms with Crippen molar-refractivity contribution in [2.45, 2.75) is 50.7 Å². The third-order valence-corrected chi connectivity index (χ3v) is 3.50. The van der Waals surface area contributed by atoms with Gasteiger partial charge in [-0.2, -0.15) is 0 Å². The minimum absolute atomic E-state index is 0.153. The minimum Gasteiger partial charge on any atom is -0.311 e. The molecule has 2 rings (SSSR count). The maximum absolute atomic E-state index is 13.9. The van der Waals surface area contributed by atoms with Crippen LogP contribution in [0.1, 0.15) is 39.0 Å². The second kappa shape index (κ2) is 2.99. The van der Waals surface area contributed by atoms with Crippen molar-refractivity contribution in [1.82, 2.24) is 5.32 Å². The van der Waals surface area contributed by atoms with Crippen LogP contribution < -0.4 is 5.32 Å². The lowest BCUT2D eigenvalue weighted by atomic mass is 9.87. The summed E-state index contributed by atoms with van der Waals surface area (Å²) < 4.78 is 13.9. The molecule has 0 bridgehead atoms. The van der Waals surface area contributed by atoms with Crippen molar-refractivity contribution in [3.05, 3.63) is 0 Å². The van der Waals surface area contributed by atoms with Crippen LogP contribution in [0.2, 0.25) is 0 Å². The first-order valence-electron chi connectivity index (χ1n) is 5.12. The Balaban J connectivity index is 2.02. The van der Waals surface area contributed by atoms with E-state index in [1.807, 2.05) is 0 Å². The highest BCUT2D eigenvalue weighted by Crippen LogP contribution is 2.37. The van der Waals surface area contributed by atoms with Crippen LogP contribution in [-0.4, -0.2) is 18.3 Å². The lowest BCUT2D eigenvalue weighted by Crippen LogP contribution is -2.41. The molecule has 0 aromatic rings. The summed E-state index contributed by atoms with van der Waals surface area (Å²) >= 11 is 0. The van der Waals surface area contributed by atoms with Gasteiger partial charge in [-0.15, -0.1) is 0 Å². The average molecular weight is 171 g/mol. The van der Waals surface area contributed by atoms with E-state index in [0.717, 1.165) is 6.54 Å². The van der Waals surface area contributed by atoms with E-state index in [4.69, 9.17) is 0 Å². The molecule has 2 unspecified atom stereocenters. The number of hydrogen-bond donors (Lipinski definition) is 1. The van der Waals surface area contributed by atoms with Gasteiger partial charge in [0.1, 0.15) is 5.67 Å². The van der Waals surface area contributed by atoms with Gasteiger partial charge in [-0.05, 0) is 38.6 Å². The van der Waals surface area contributed by atoms with Gasteiger partial charge in [-0.3, -0.25) is 0 Å². The number of alkyl halides is 1. The van der Waals surface area contributed by atoms with E-state index in [2.05, 4.69) is 5.32 Å². The lowest BCUT2D eigenvalue weighted by Gasteiger charge is -2.27. The summed E-state index contributed by atoms with van der Waals surface area (Å²) in [5.41, 5.74) is -0.936. The first-order valence-corrected chi connectivity index (χ1v) is 5.12. The van der Waals surface area contributed by atoms with Crippen molar-refractivity contribution in [1.29, 1.82) is 0 Å². The predicted molar refractivity (Wildman–Crippen MR) is 47.9 cm³/mol. The molecular weight excluding hydrogens is 153 g/mol. The van der Waals surface area contributed by atoms with Gasteiger partial charge in [0.2, 0.25) is 0 Å². The van der Waals surface area contributed by atoms with Crippen LogP contribution in [0.4, 0.5) is 4.39 Å². The van der Waals surface area contributed by atoms with Crippen molar-refractivity contribution in [3.63, 3.8) is 0 Å². The third-order valence-electron chi connectivity index (χ3n) is 3.50. The molecule has 0 aromatic heterocycles.